The van der Waals surface area contributed by atoms with E-state index < -0.39 is 0 Å². The van der Waals surface area contributed by atoms with Crippen molar-refractivity contribution in [2.45, 2.75) is 0 Å². The number of hydrogen-bond acceptors (Lipinski definition) is 3. The van der Waals surface area contributed by atoms with E-state index in [1.54, 1.807) is 0 Å². The molecule has 0 N–H and O–H groups in total. The van der Waals surface area contributed by atoms with Gasteiger partial charge in [-0.3, -0.25) is 4.57 Å². The molecule has 0 bridgehead atoms. The van der Waals surface area contributed by atoms with Crippen molar-refractivity contribution in [2.24, 2.45) is 0 Å². The van der Waals surface area contributed by atoms with Crippen molar-refractivity contribution in [3.63, 3.8) is 0 Å². The fourth-order valence-electron chi connectivity index (χ4n) is 7.29. The molecule has 0 atom stereocenters. The lowest BCUT2D eigenvalue weighted by Gasteiger charge is -2.10. The highest BCUT2D eigenvalue weighted by Crippen LogP contribution is 2.41. The summed E-state index contributed by atoms with van der Waals surface area (Å²) in [5, 5.41) is 5.00. The molecule has 0 aliphatic carbocycles. The monoisotopic (exact) mass is 655 g/mol. The molecule has 0 saturated carbocycles. The highest BCUT2D eigenvalue weighted by atomic mass is 32.1. The molecule has 4 heteroatoms. The second-order valence-electron chi connectivity index (χ2n) is 12.6. The van der Waals surface area contributed by atoms with Crippen molar-refractivity contribution in [1.29, 1.82) is 0 Å². The van der Waals surface area contributed by atoms with Crippen molar-refractivity contribution >= 4 is 53.3 Å². The first kappa shape index (κ1) is 28.6. The fraction of sp³-hybridized carbons (Fsp3) is 0. The van der Waals surface area contributed by atoms with Gasteiger partial charge in [-0.05, 0) is 69.8 Å². The highest BCUT2D eigenvalue weighted by Gasteiger charge is 2.17. The summed E-state index contributed by atoms with van der Waals surface area (Å²) in [6, 6.07) is 60.6. The molecule has 10 aromatic rings. The van der Waals surface area contributed by atoms with Crippen LogP contribution in [-0.4, -0.2) is 14.5 Å². The Morgan fingerprint density at radius 2 is 1.06 bits per heavy atom. The van der Waals surface area contributed by atoms with Crippen LogP contribution in [0.4, 0.5) is 0 Å². The quantitative estimate of drug-likeness (QED) is 0.185. The summed E-state index contributed by atoms with van der Waals surface area (Å²) in [5.41, 5.74) is 11.4. The van der Waals surface area contributed by atoms with E-state index in [2.05, 4.69) is 168 Å². The highest BCUT2D eigenvalue weighted by molar-refractivity contribution is 7.26. The van der Waals surface area contributed by atoms with Crippen molar-refractivity contribution in [3.8, 4) is 50.6 Å². The zero-order chi connectivity index (χ0) is 33.0. The van der Waals surface area contributed by atoms with E-state index in [-0.39, 0.29) is 0 Å². The molecule has 0 aliphatic heterocycles. The third kappa shape index (κ3) is 4.73. The van der Waals surface area contributed by atoms with Crippen molar-refractivity contribution in [2.75, 3.05) is 0 Å². The minimum atomic E-state index is 0.660. The summed E-state index contributed by atoms with van der Waals surface area (Å²) in [5.74, 6) is 0.660. The molecule has 3 aromatic heterocycles. The van der Waals surface area contributed by atoms with Crippen LogP contribution in [0.1, 0.15) is 0 Å². The maximum absolute atomic E-state index is 5.14. The average Bonchev–Trinajstić information content (AvgIpc) is 3.74. The number of para-hydroxylation sites is 1. The van der Waals surface area contributed by atoms with Crippen molar-refractivity contribution in [1.82, 2.24) is 14.5 Å². The Morgan fingerprint density at radius 3 is 1.92 bits per heavy atom. The topological polar surface area (TPSA) is 30.7 Å². The molecule has 0 saturated heterocycles. The molecular formula is C46H29N3S. The Hall–Kier alpha value is -6.36. The van der Waals surface area contributed by atoms with E-state index in [1.807, 2.05) is 23.6 Å². The first-order valence-electron chi connectivity index (χ1n) is 16.8. The molecule has 50 heavy (non-hydrogen) atoms. The Kier molecular flexibility index (Phi) is 6.68. The van der Waals surface area contributed by atoms with Crippen LogP contribution < -0.4 is 0 Å². The summed E-state index contributed by atoms with van der Waals surface area (Å²) in [7, 11) is 0. The van der Waals surface area contributed by atoms with E-state index in [4.69, 9.17) is 9.97 Å². The number of thiophene rings is 1. The molecule has 7 aromatic carbocycles. The summed E-state index contributed by atoms with van der Waals surface area (Å²) in [4.78, 5) is 9.95. The van der Waals surface area contributed by atoms with Crippen LogP contribution in [0.3, 0.4) is 0 Å². The molecule has 0 aliphatic rings. The molecular weight excluding hydrogens is 627 g/mol. The molecule has 0 spiro atoms. The Labute approximate surface area is 293 Å². The third-order valence-corrected chi connectivity index (χ3v) is 10.9. The van der Waals surface area contributed by atoms with Gasteiger partial charge in [0.05, 0.1) is 16.7 Å². The molecule has 0 radical (unpaired) electrons. The van der Waals surface area contributed by atoms with Gasteiger partial charge in [-0.25, -0.2) is 9.97 Å². The Morgan fingerprint density at radius 1 is 0.420 bits per heavy atom. The van der Waals surface area contributed by atoms with Crippen LogP contribution in [-0.2, 0) is 0 Å². The zero-order valence-corrected chi connectivity index (χ0v) is 27.8. The molecule has 3 nitrogen and oxygen atoms in total. The van der Waals surface area contributed by atoms with E-state index in [9.17, 15) is 0 Å². The van der Waals surface area contributed by atoms with Crippen LogP contribution in [0, 0.1) is 0 Å². The number of rotatable bonds is 5. The number of hydrogen-bond donors (Lipinski definition) is 0. The van der Waals surface area contributed by atoms with Gasteiger partial charge in [-0.2, -0.15) is 0 Å². The fourth-order valence-corrected chi connectivity index (χ4v) is 8.53. The number of benzene rings is 7. The number of aromatic nitrogens is 3. The van der Waals surface area contributed by atoms with Crippen LogP contribution in [0.15, 0.2) is 176 Å². The molecule has 10 rings (SSSR count). The molecule has 234 valence electrons. The van der Waals surface area contributed by atoms with Gasteiger partial charge in [0.2, 0.25) is 5.95 Å². The van der Waals surface area contributed by atoms with E-state index in [0.717, 1.165) is 22.3 Å². The lowest BCUT2D eigenvalue weighted by Crippen LogP contribution is -2.01. The predicted octanol–water partition coefficient (Wildman–Crippen LogP) is 12.6. The normalized spacial score (nSPS) is 11.6. The first-order chi connectivity index (χ1) is 24.8. The van der Waals surface area contributed by atoms with Gasteiger partial charge in [0, 0.05) is 42.7 Å². The molecule has 0 unspecified atom stereocenters. The second kappa shape index (κ2) is 11.7. The minimum absolute atomic E-state index is 0.660. The summed E-state index contributed by atoms with van der Waals surface area (Å²) in [6.07, 6.45) is 1.87. The van der Waals surface area contributed by atoms with E-state index >= 15 is 0 Å². The van der Waals surface area contributed by atoms with Crippen LogP contribution in [0.5, 0.6) is 0 Å². The maximum atomic E-state index is 5.14. The standard InChI is InChI=1S/C46H29N3S/c1-2-10-30(11-3-1)33-12-8-13-34(28-33)31-20-22-32(23-21-31)41-26-27-47-46(48-41)49-42-18-6-4-14-37(42)40-29-35(24-25-43(40)49)36-16-9-17-39-38-15-5-7-19-44(38)50-45(36)39/h1-29H. The summed E-state index contributed by atoms with van der Waals surface area (Å²) in [6.45, 7) is 0. The lowest BCUT2D eigenvalue weighted by atomic mass is 9.98. The molecule has 3 heterocycles. The van der Waals surface area contributed by atoms with Gasteiger partial charge >= 0.3 is 0 Å². The predicted molar refractivity (Wildman–Crippen MR) is 211 cm³/mol. The van der Waals surface area contributed by atoms with Crippen molar-refractivity contribution in [3.05, 3.63) is 176 Å². The van der Waals surface area contributed by atoms with Crippen LogP contribution in [0.2, 0.25) is 0 Å². The third-order valence-electron chi connectivity index (χ3n) is 9.71. The minimum Gasteiger partial charge on any atom is -0.278 e. The Bertz CT molecular complexity index is 2860. The van der Waals surface area contributed by atoms with Gasteiger partial charge in [0.1, 0.15) is 0 Å². The van der Waals surface area contributed by atoms with Crippen molar-refractivity contribution < 1.29 is 0 Å². The SMILES string of the molecule is c1ccc(-c2cccc(-c3ccc(-c4ccnc(-n5c6ccccc6c6cc(-c7cccc8c7sc7ccccc78)ccc65)n4)cc3)c2)cc1. The van der Waals surface area contributed by atoms with Gasteiger partial charge in [-0.15, -0.1) is 11.3 Å². The van der Waals surface area contributed by atoms with E-state index in [1.165, 1.54) is 64.3 Å². The lowest BCUT2D eigenvalue weighted by molar-refractivity contribution is 0.992. The second-order valence-corrected chi connectivity index (χ2v) is 13.7. The zero-order valence-electron chi connectivity index (χ0n) is 27.0. The van der Waals surface area contributed by atoms with E-state index in [0.29, 0.717) is 5.95 Å². The largest absolute Gasteiger partial charge is 0.278 e. The van der Waals surface area contributed by atoms with Gasteiger partial charge < -0.3 is 0 Å². The van der Waals surface area contributed by atoms with Crippen LogP contribution in [0.25, 0.3) is 92.6 Å². The summed E-state index contributed by atoms with van der Waals surface area (Å²) >= 11 is 1.87. The van der Waals surface area contributed by atoms with Crippen LogP contribution >= 0.6 is 11.3 Å². The van der Waals surface area contributed by atoms with Gasteiger partial charge in [-0.1, -0.05) is 133 Å². The summed E-state index contributed by atoms with van der Waals surface area (Å²) < 4.78 is 4.83. The Balaban J connectivity index is 1.04. The average molecular weight is 656 g/mol. The smallest absolute Gasteiger partial charge is 0.235 e. The van der Waals surface area contributed by atoms with Gasteiger partial charge in [0.15, 0.2) is 0 Å². The number of nitrogens with zero attached hydrogens (tertiary/aromatic N) is 3. The molecule has 0 amide bonds. The maximum Gasteiger partial charge on any atom is 0.235 e. The van der Waals surface area contributed by atoms with Gasteiger partial charge in [0.25, 0.3) is 0 Å². The molecule has 0 fully saturated rings. The number of fused-ring (bicyclic) bond motifs is 6. The first-order valence-corrected chi connectivity index (χ1v) is 17.6.